The van der Waals surface area contributed by atoms with Crippen LogP contribution in [0.2, 0.25) is 0 Å². The van der Waals surface area contributed by atoms with Crippen molar-refractivity contribution in [2.24, 2.45) is 0 Å². The molecule has 1 aliphatic rings. The van der Waals surface area contributed by atoms with Gasteiger partial charge in [0.2, 0.25) is 0 Å². The van der Waals surface area contributed by atoms with Crippen LogP contribution in [0.25, 0.3) is 11.0 Å². The molecule has 0 aromatic carbocycles. The molecule has 2 N–H and O–H groups in total. The second-order valence-corrected chi connectivity index (χ2v) is 6.41. The summed E-state index contributed by atoms with van der Waals surface area (Å²) in [5, 5.41) is 17.2. The number of carbonyl (C=O) groups is 2. The summed E-state index contributed by atoms with van der Waals surface area (Å²) in [6.07, 6.45) is 2.52. The summed E-state index contributed by atoms with van der Waals surface area (Å²) >= 11 is 0. The van der Waals surface area contributed by atoms with Gasteiger partial charge in [-0.25, -0.2) is 9.67 Å². The van der Waals surface area contributed by atoms with Gasteiger partial charge in [-0.05, 0) is 32.8 Å². The zero-order valence-electron chi connectivity index (χ0n) is 14.4. The van der Waals surface area contributed by atoms with E-state index >= 15 is 0 Å². The molecule has 2 aromatic heterocycles. The van der Waals surface area contributed by atoms with Crippen LogP contribution >= 0.6 is 0 Å². The first kappa shape index (κ1) is 17.3. The molecule has 1 fully saturated rings. The van der Waals surface area contributed by atoms with E-state index in [9.17, 15) is 14.7 Å². The van der Waals surface area contributed by atoms with Crippen LogP contribution < -0.4 is 5.32 Å². The van der Waals surface area contributed by atoms with E-state index in [4.69, 9.17) is 4.74 Å². The molecule has 0 radical (unpaired) electrons. The van der Waals surface area contributed by atoms with Crippen molar-refractivity contribution in [2.75, 3.05) is 13.2 Å². The van der Waals surface area contributed by atoms with Crippen molar-refractivity contribution >= 4 is 22.9 Å². The lowest BCUT2D eigenvalue weighted by Gasteiger charge is -2.36. The number of fused-ring (bicyclic) bond motifs is 1. The van der Waals surface area contributed by atoms with E-state index in [1.165, 1.54) is 0 Å². The topological polar surface area (TPSA) is 106 Å². The van der Waals surface area contributed by atoms with Gasteiger partial charge in [-0.2, -0.15) is 5.10 Å². The van der Waals surface area contributed by atoms with Crippen LogP contribution in [0.1, 0.15) is 42.2 Å². The average molecular weight is 346 g/mol. The lowest BCUT2D eigenvalue weighted by Crippen LogP contribution is -2.53. The van der Waals surface area contributed by atoms with E-state index in [-0.39, 0.29) is 12.3 Å². The molecule has 1 amide bonds. The van der Waals surface area contributed by atoms with Gasteiger partial charge in [-0.15, -0.1) is 0 Å². The van der Waals surface area contributed by atoms with Crippen molar-refractivity contribution in [1.29, 1.82) is 0 Å². The summed E-state index contributed by atoms with van der Waals surface area (Å²) in [5.41, 5.74) is 0.996. The lowest BCUT2D eigenvalue weighted by atomic mass is 9.86. The minimum Gasteiger partial charge on any atom is -0.481 e. The van der Waals surface area contributed by atoms with E-state index in [2.05, 4.69) is 15.4 Å². The number of carboxylic acid groups (broad SMARTS) is 1. The molecule has 0 bridgehead atoms. The number of carboxylic acids is 1. The fraction of sp³-hybridized carbons (Fsp3) is 0.529. The van der Waals surface area contributed by atoms with Gasteiger partial charge in [0.05, 0.1) is 29.4 Å². The maximum Gasteiger partial charge on any atom is 0.305 e. The van der Waals surface area contributed by atoms with E-state index in [0.717, 1.165) is 11.0 Å². The fourth-order valence-corrected chi connectivity index (χ4v) is 3.26. The molecule has 0 saturated carbocycles. The summed E-state index contributed by atoms with van der Waals surface area (Å²) < 4.78 is 7.09. The predicted octanol–water partition coefficient (Wildman–Crippen LogP) is 1.51. The molecule has 25 heavy (non-hydrogen) atoms. The highest BCUT2D eigenvalue weighted by Gasteiger charge is 2.37. The first-order valence-electron chi connectivity index (χ1n) is 8.39. The Morgan fingerprint density at radius 1 is 1.40 bits per heavy atom. The number of nitrogens with zero attached hydrogens (tertiary/aromatic N) is 3. The Hall–Kier alpha value is -2.48. The molecule has 8 heteroatoms. The zero-order valence-corrected chi connectivity index (χ0v) is 14.4. The molecule has 1 saturated heterocycles. The first-order chi connectivity index (χ1) is 11.9. The highest BCUT2D eigenvalue weighted by atomic mass is 16.5. The third kappa shape index (κ3) is 3.48. The molecule has 0 aliphatic carbocycles. The lowest BCUT2D eigenvalue weighted by molar-refractivity contribution is -0.139. The summed E-state index contributed by atoms with van der Waals surface area (Å²) in [6.45, 7) is 5.32. The zero-order chi connectivity index (χ0) is 18.0. The number of carbonyl (C=O) groups excluding carboxylic acids is 1. The van der Waals surface area contributed by atoms with E-state index < -0.39 is 11.5 Å². The Morgan fingerprint density at radius 2 is 2.12 bits per heavy atom. The summed E-state index contributed by atoms with van der Waals surface area (Å²) in [6, 6.07) is 1.76. The second kappa shape index (κ2) is 6.79. The molecular weight excluding hydrogens is 324 g/mol. The maximum atomic E-state index is 12.8. The number of amides is 1. The second-order valence-electron chi connectivity index (χ2n) is 6.41. The number of hydrogen-bond acceptors (Lipinski definition) is 5. The highest BCUT2D eigenvalue weighted by Crippen LogP contribution is 2.26. The largest absolute Gasteiger partial charge is 0.481 e. The fourth-order valence-electron chi connectivity index (χ4n) is 3.26. The number of hydrogen-bond donors (Lipinski definition) is 2. The quantitative estimate of drug-likeness (QED) is 0.850. The predicted molar refractivity (Wildman–Crippen MR) is 90.4 cm³/mol. The molecule has 0 spiro atoms. The first-order valence-corrected chi connectivity index (χ1v) is 8.39. The van der Waals surface area contributed by atoms with Crippen LogP contribution in [0.3, 0.4) is 0 Å². The van der Waals surface area contributed by atoms with Crippen molar-refractivity contribution < 1.29 is 19.4 Å². The Balaban J connectivity index is 1.90. The smallest absolute Gasteiger partial charge is 0.305 e. The van der Waals surface area contributed by atoms with Gasteiger partial charge in [0.1, 0.15) is 0 Å². The third-order valence-electron chi connectivity index (χ3n) is 4.66. The summed E-state index contributed by atoms with van der Waals surface area (Å²) in [7, 11) is 0. The monoisotopic (exact) mass is 346 g/mol. The molecule has 0 unspecified atom stereocenters. The number of aryl methyl sites for hydroxylation is 2. The van der Waals surface area contributed by atoms with Crippen LogP contribution in [0.5, 0.6) is 0 Å². The molecule has 2 aromatic rings. The minimum absolute atomic E-state index is 0.120. The van der Waals surface area contributed by atoms with E-state index in [1.807, 2.05) is 6.92 Å². The molecular formula is C17H22N4O4. The van der Waals surface area contributed by atoms with Gasteiger partial charge in [-0.3, -0.25) is 9.59 Å². The van der Waals surface area contributed by atoms with Gasteiger partial charge < -0.3 is 15.2 Å². The van der Waals surface area contributed by atoms with Gasteiger partial charge in [0.25, 0.3) is 5.91 Å². The highest BCUT2D eigenvalue weighted by molar-refractivity contribution is 5.98. The van der Waals surface area contributed by atoms with Gasteiger partial charge in [0.15, 0.2) is 5.65 Å². The number of aromatic nitrogens is 3. The normalized spacial score (nSPS) is 16.7. The molecule has 3 rings (SSSR count). The van der Waals surface area contributed by atoms with Gasteiger partial charge in [0, 0.05) is 25.1 Å². The summed E-state index contributed by atoms with van der Waals surface area (Å²) in [4.78, 5) is 28.6. The number of ether oxygens (including phenoxy) is 1. The third-order valence-corrected chi connectivity index (χ3v) is 4.66. The van der Waals surface area contributed by atoms with Crippen LogP contribution in [0.4, 0.5) is 0 Å². The van der Waals surface area contributed by atoms with E-state index in [1.54, 1.807) is 23.9 Å². The minimum atomic E-state index is -0.934. The van der Waals surface area contributed by atoms with Crippen LogP contribution in [0, 0.1) is 6.92 Å². The number of nitrogens with one attached hydrogen (secondary N) is 1. The summed E-state index contributed by atoms with van der Waals surface area (Å²) in [5.74, 6) is -1.24. The molecule has 3 heterocycles. The molecule has 8 nitrogen and oxygen atoms in total. The SMILES string of the molecule is CCn1ncc2cc(C(=O)NC3(CC(=O)O)CCOCC3)c(C)nc21. The Bertz CT molecular complexity index is 808. The van der Waals surface area contributed by atoms with Gasteiger partial charge >= 0.3 is 5.97 Å². The van der Waals surface area contributed by atoms with Crippen LogP contribution in [0.15, 0.2) is 12.3 Å². The standard InChI is InChI=1S/C17H22N4O4/c1-3-21-15-12(10-18-21)8-13(11(2)19-15)16(24)20-17(9-14(22)23)4-6-25-7-5-17/h8,10H,3-7,9H2,1-2H3,(H,20,24)(H,22,23). The average Bonchev–Trinajstić information content (AvgIpc) is 2.95. The molecule has 0 atom stereocenters. The molecule has 134 valence electrons. The number of pyridine rings is 1. The number of aliphatic carboxylic acids is 1. The van der Waals surface area contributed by atoms with E-state index in [0.29, 0.717) is 43.9 Å². The molecule has 1 aliphatic heterocycles. The van der Waals surface area contributed by atoms with Gasteiger partial charge in [-0.1, -0.05) is 0 Å². The van der Waals surface area contributed by atoms with Crippen molar-refractivity contribution in [1.82, 2.24) is 20.1 Å². The van der Waals surface area contributed by atoms with Crippen LogP contribution in [-0.2, 0) is 16.1 Å². The van der Waals surface area contributed by atoms with Crippen LogP contribution in [-0.4, -0.2) is 50.5 Å². The van der Waals surface area contributed by atoms with Crippen molar-refractivity contribution in [3.05, 3.63) is 23.5 Å². The Morgan fingerprint density at radius 3 is 2.76 bits per heavy atom. The maximum absolute atomic E-state index is 12.8. The Kier molecular flexibility index (Phi) is 4.71. The Labute approximate surface area is 145 Å². The van der Waals surface area contributed by atoms with Crippen molar-refractivity contribution in [3.63, 3.8) is 0 Å². The van der Waals surface area contributed by atoms with Crippen molar-refractivity contribution in [2.45, 2.75) is 45.2 Å². The van der Waals surface area contributed by atoms with Crippen molar-refractivity contribution in [3.8, 4) is 0 Å². The number of rotatable bonds is 5.